The zero-order chi connectivity index (χ0) is 39.0. The Labute approximate surface area is 260 Å². The summed E-state index contributed by atoms with van der Waals surface area (Å²) in [6, 6.07) is -3.01. The lowest BCUT2D eigenvalue weighted by Gasteiger charge is -2.24. The van der Waals surface area contributed by atoms with Gasteiger partial charge >= 0.3 is 43.2 Å². The normalized spacial score (nSPS) is 13.9. The van der Waals surface area contributed by atoms with Gasteiger partial charge in [0.15, 0.2) is 0 Å². The van der Waals surface area contributed by atoms with Gasteiger partial charge in [0.2, 0.25) is 0 Å². The lowest BCUT2D eigenvalue weighted by atomic mass is 9.98. The minimum absolute atomic E-state index is 0.224. The predicted octanol–water partition coefficient (Wildman–Crippen LogP) is 11.6. The van der Waals surface area contributed by atoms with Gasteiger partial charge in [-0.05, 0) is 24.3 Å². The van der Waals surface area contributed by atoms with Crippen molar-refractivity contribution in [1.82, 2.24) is 0 Å². The molecule has 3 rings (SSSR count). The van der Waals surface area contributed by atoms with Gasteiger partial charge in [0.25, 0.3) is 0 Å². The van der Waals surface area contributed by atoms with E-state index in [0.29, 0.717) is 0 Å². The van der Waals surface area contributed by atoms with Crippen LogP contribution >= 0.6 is 0 Å². The quantitative estimate of drug-likeness (QED) is 0.205. The number of anilines is 2. The maximum absolute atomic E-state index is 13.8. The highest BCUT2D eigenvalue weighted by molar-refractivity contribution is 5.68. The van der Waals surface area contributed by atoms with Gasteiger partial charge < -0.3 is 20.9 Å². The Morgan fingerprint density at radius 3 is 0.840 bits per heavy atom. The number of hydrogen-bond acceptors (Lipinski definition) is 4. The van der Waals surface area contributed by atoms with E-state index in [0.717, 1.165) is 0 Å². The Balaban J connectivity index is 2.41. The molecule has 0 heterocycles. The molecule has 3 aromatic carbocycles. The molecule has 0 saturated heterocycles. The number of benzene rings is 3. The number of hydrogen-bond donors (Lipinski definition) is 2. The van der Waals surface area contributed by atoms with Crippen molar-refractivity contribution < 1.29 is 102 Å². The Hall–Kier alpha value is -4.61. The number of nitrogen functional groups attached to an aromatic ring is 2. The highest BCUT2D eigenvalue weighted by Gasteiger charge is 2.52. The van der Waals surface area contributed by atoms with E-state index >= 15 is 0 Å². The molecule has 0 amide bonds. The minimum atomic E-state index is -6.25. The molecular weight excluding hydrogens is 759 g/mol. The molecule has 0 aliphatic rings. The van der Waals surface area contributed by atoms with E-state index in [9.17, 15) is 92.2 Å². The molecule has 25 heteroatoms. The minimum Gasteiger partial charge on any atom is -0.456 e. The monoisotopic (exact) mass is 768 g/mol. The third kappa shape index (κ3) is 8.22. The van der Waals surface area contributed by atoms with Gasteiger partial charge in [0.05, 0.1) is 39.2 Å². The van der Waals surface area contributed by atoms with E-state index in [2.05, 4.69) is 9.47 Å². The first-order chi connectivity index (χ1) is 22.1. The van der Waals surface area contributed by atoms with Crippen LogP contribution in [0, 0.1) is 0 Å². The van der Waals surface area contributed by atoms with Crippen LogP contribution in [0.4, 0.5) is 104 Å². The molecule has 0 unspecified atom stereocenters. The Morgan fingerprint density at radius 2 is 0.620 bits per heavy atom. The fraction of sp³-hybridized carbons (Fsp3) is 0.280. The van der Waals surface area contributed by atoms with Crippen molar-refractivity contribution >= 4 is 11.4 Å². The van der Waals surface area contributed by atoms with Gasteiger partial charge in [-0.15, -0.1) is 0 Å². The number of alkyl halides is 21. The van der Waals surface area contributed by atoms with Crippen LogP contribution < -0.4 is 20.9 Å². The molecule has 278 valence electrons. The maximum Gasteiger partial charge on any atom is 0.421 e. The largest absolute Gasteiger partial charge is 0.456 e. The lowest BCUT2D eigenvalue weighted by Crippen LogP contribution is -2.23. The van der Waals surface area contributed by atoms with Gasteiger partial charge in [-0.1, -0.05) is 0 Å². The van der Waals surface area contributed by atoms with E-state index in [-0.39, 0.29) is 6.07 Å². The maximum atomic E-state index is 13.8. The highest BCUT2D eigenvalue weighted by Crippen LogP contribution is 2.54. The van der Waals surface area contributed by atoms with Crippen LogP contribution in [0.15, 0.2) is 30.3 Å². The van der Waals surface area contributed by atoms with E-state index in [1.54, 1.807) is 0 Å². The third-order valence-electron chi connectivity index (χ3n) is 6.07. The van der Waals surface area contributed by atoms with Crippen molar-refractivity contribution in [1.29, 1.82) is 0 Å². The average molecular weight is 768 g/mol. The molecule has 0 atom stereocenters. The molecule has 0 aliphatic carbocycles. The molecule has 0 saturated carbocycles. The molecule has 0 fully saturated rings. The van der Waals surface area contributed by atoms with Crippen molar-refractivity contribution in [3.05, 3.63) is 69.3 Å². The summed E-state index contributed by atoms with van der Waals surface area (Å²) in [6.45, 7) is 0. The van der Waals surface area contributed by atoms with Gasteiger partial charge in [-0.25, -0.2) is 0 Å². The lowest BCUT2D eigenvalue weighted by molar-refractivity contribution is -0.163. The summed E-state index contributed by atoms with van der Waals surface area (Å²) in [6.07, 6.45) is -43.0. The molecule has 0 bridgehead atoms. The fourth-order valence-electron chi connectivity index (χ4n) is 4.27. The summed E-state index contributed by atoms with van der Waals surface area (Å²) in [5, 5.41) is 0. The van der Waals surface area contributed by atoms with E-state index in [1.807, 2.05) is 0 Å². The molecule has 4 N–H and O–H groups in total. The average Bonchev–Trinajstić information content (AvgIpc) is 2.83. The summed E-state index contributed by atoms with van der Waals surface area (Å²) in [7, 11) is 0. The topological polar surface area (TPSA) is 70.5 Å². The van der Waals surface area contributed by atoms with Crippen molar-refractivity contribution in [2.24, 2.45) is 0 Å². The van der Waals surface area contributed by atoms with Crippen molar-refractivity contribution in [3.8, 4) is 23.0 Å². The second-order valence-corrected chi connectivity index (χ2v) is 9.55. The van der Waals surface area contributed by atoms with Gasteiger partial charge in [-0.2, -0.15) is 92.2 Å². The van der Waals surface area contributed by atoms with Crippen LogP contribution in [0.5, 0.6) is 23.0 Å². The second kappa shape index (κ2) is 12.0. The first-order valence-electron chi connectivity index (χ1n) is 12.0. The molecule has 0 aromatic heterocycles. The van der Waals surface area contributed by atoms with Gasteiger partial charge in [0.1, 0.15) is 34.1 Å². The summed E-state index contributed by atoms with van der Waals surface area (Å²) >= 11 is 0. The van der Waals surface area contributed by atoms with Gasteiger partial charge in [0, 0.05) is 6.07 Å². The first kappa shape index (κ1) is 39.8. The van der Waals surface area contributed by atoms with E-state index in [4.69, 9.17) is 11.5 Å². The van der Waals surface area contributed by atoms with E-state index < -0.39 is 141 Å². The molecule has 0 aliphatic heterocycles. The molecule has 50 heavy (non-hydrogen) atoms. The van der Waals surface area contributed by atoms with Crippen LogP contribution in [-0.4, -0.2) is 0 Å². The van der Waals surface area contributed by atoms with Crippen molar-refractivity contribution in [3.63, 3.8) is 0 Å². The number of rotatable bonds is 4. The molecule has 3 aromatic rings. The third-order valence-corrected chi connectivity index (χ3v) is 6.07. The summed E-state index contributed by atoms with van der Waals surface area (Å²) in [4.78, 5) is 0. The zero-order valence-electron chi connectivity index (χ0n) is 22.8. The smallest absolute Gasteiger partial charge is 0.421 e. The van der Waals surface area contributed by atoms with Crippen LogP contribution in [0.25, 0.3) is 0 Å². The van der Waals surface area contributed by atoms with Crippen molar-refractivity contribution in [2.75, 3.05) is 11.5 Å². The number of nitrogens with two attached hydrogens (primary N) is 2. The van der Waals surface area contributed by atoms with Crippen LogP contribution in [0.1, 0.15) is 38.9 Å². The molecule has 4 nitrogen and oxygen atoms in total. The van der Waals surface area contributed by atoms with Crippen LogP contribution in [0.3, 0.4) is 0 Å². The zero-order valence-corrected chi connectivity index (χ0v) is 22.8. The van der Waals surface area contributed by atoms with Gasteiger partial charge in [-0.3, -0.25) is 0 Å². The predicted molar refractivity (Wildman–Crippen MR) is 123 cm³/mol. The highest BCUT2D eigenvalue weighted by atomic mass is 19.4. The molecule has 0 spiro atoms. The SMILES string of the molecule is Nc1c(C(F)(F)F)c(Oc2cc(Oc3cc(C(F)(F)F)c(C(F)(F)F)c(N)c3C(F)(F)F)cc(C(F)(F)F)c2)cc(C(F)(F)F)c1C(F)(F)F. The summed E-state index contributed by atoms with van der Waals surface area (Å²) < 4.78 is 294. The van der Waals surface area contributed by atoms with E-state index in [1.165, 1.54) is 0 Å². The molecule has 0 radical (unpaired) electrons. The summed E-state index contributed by atoms with van der Waals surface area (Å²) in [5.74, 6) is -8.43. The number of halogens is 21. The summed E-state index contributed by atoms with van der Waals surface area (Å²) in [5.41, 5.74) is -16.0. The van der Waals surface area contributed by atoms with Crippen molar-refractivity contribution in [2.45, 2.75) is 43.2 Å². The van der Waals surface area contributed by atoms with Crippen LogP contribution in [0.2, 0.25) is 0 Å². The fourth-order valence-corrected chi connectivity index (χ4v) is 4.27. The Bertz CT molecular complexity index is 1650. The Morgan fingerprint density at radius 1 is 0.340 bits per heavy atom. The number of ether oxygens (including phenoxy) is 2. The van der Waals surface area contributed by atoms with Crippen LogP contribution in [-0.2, 0) is 43.2 Å². The molecular formula is C25H9F21N2O2. The first-order valence-corrected chi connectivity index (χ1v) is 12.0. The second-order valence-electron chi connectivity index (χ2n) is 9.55. The standard InChI is InChI=1S/C25H9F21N2O2/c26-19(27,28)6-1-7(49-11-4-9(20(29,30)31)13(22(35,36)37)17(47)15(11)24(41,42)43)3-8(2-6)50-12-5-10(21(32,33)34)14(23(38,39)40)18(48)16(12)25(44,45)46/h1-5H,47-48H2. The Kier molecular flexibility index (Phi) is 9.57.